The fraction of sp³-hybridized carbons (Fsp3) is 0.200. The third kappa shape index (κ3) is 6.24. The van der Waals surface area contributed by atoms with E-state index in [2.05, 4.69) is 9.89 Å². The lowest BCUT2D eigenvalue weighted by Crippen LogP contribution is -2.49. The van der Waals surface area contributed by atoms with Crippen LogP contribution in [0.5, 0.6) is 0 Å². The molecule has 2 aliphatic rings. The van der Waals surface area contributed by atoms with E-state index in [9.17, 15) is 14.4 Å². The van der Waals surface area contributed by atoms with Crippen molar-refractivity contribution in [3.63, 3.8) is 0 Å². The van der Waals surface area contributed by atoms with Crippen molar-refractivity contribution in [1.29, 1.82) is 0 Å². The first-order valence-corrected chi connectivity index (χ1v) is 14.0. The molecule has 3 aromatic rings. The van der Waals surface area contributed by atoms with E-state index in [1.54, 1.807) is 30.0 Å². The van der Waals surface area contributed by atoms with Gasteiger partial charge in [0, 0.05) is 42.5 Å². The molecule has 1 saturated heterocycles. The van der Waals surface area contributed by atoms with Crippen molar-refractivity contribution in [3.8, 4) is 0 Å². The van der Waals surface area contributed by atoms with E-state index in [4.69, 9.17) is 11.6 Å². The summed E-state index contributed by atoms with van der Waals surface area (Å²) in [4.78, 5) is 48.2. The fourth-order valence-electron chi connectivity index (χ4n) is 4.45. The van der Waals surface area contributed by atoms with Gasteiger partial charge in [0.15, 0.2) is 11.0 Å². The summed E-state index contributed by atoms with van der Waals surface area (Å²) >= 11 is 7.26. The van der Waals surface area contributed by atoms with Crippen LogP contribution in [0, 0.1) is 0 Å². The summed E-state index contributed by atoms with van der Waals surface area (Å²) in [6.45, 7) is 4.17. The number of nitrogens with zero attached hydrogens (tertiary/aromatic N) is 4. The third-order valence-corrected chi connectivity index (χ3v) is 7.79. The number of ketones is 1. The molecular weight excluding hydrogens is 532 g/mol. The van der Waals surface area contributed by atoms with Crippen LogP contribution < -0.4 is 9.80 Å². The van der Waals surface area contributed by atoms with Crippen LogP contribution in [0.15, 0.2) is 89.6 Å². The highest BCUT2D eigenvalue weighted by atomic mass is 35.5. The molecule has 2 amide bonds. The Labute approximate surface area is 236 Å². The van der Waals surface area contributed by atoms with Gasteiger partial charge in [-0.2, -0.15) is 0 Å². The van der Waals surface area contributed by atoms with Gasteiger partial charge in [-0.3, -0.25) is 19.3 Å². The molecule has 0 spiro atoms. The number of piperazine rings is 1. The molecular formula is C30H27ClN4O3S. The highest BCUT2D eigenvalue weighted by molar-refractivity contribution is 8.14. The fourth-order valence-corrected chi connectivity index (χ4v) is 5.49. The van der Waals surface area contributed by atoms with E-state index >= 15 is 0 Å². The van der Waals surface area contributed by atoms with Gasteiger partial charge in [0.2, 0.25) is 5.91 Å². The second-order valence-electron chi connectivity index (χ2n) is 9.21. The number of Topliss-reactive ketones (excluding diaryl/α,β-unsaturated/α-hetero) is 1. The van der Waals surface area contributed by atoms with Crippen LogP contribution in [0.2, 0.25) is 5.02 Å². The van der Waals surface area contributed by atoms with Gasteiger partial charge in [-0.25, -0.2) is 4.99 Å². The van der Waals surface area contributed by atoms with Crippen LogP contribution in [-0.2, 0) is 9.59 Å². The molecule has 7 nitrogen and oxygen atoms in total. The Hall–Kier alpha value is -3.88. The van der Waals surface area contributed by atoms with Gasteiger partial charge in [0.25, 0.3) is 5.91 Å². The number of aliphatic imine (C=N–C) groups is 1. The van der Waals surface area contributed by atoms with Crippen molar-refractivity contribution in [2.45, 2.75) is 6.92 Å². The molecule has 0 radical (unpaired) electrons. The Bertz CT molecular complexity index is 1430. The first-order chi connectivity index (χ1) is 18.9. The molecule has 5 rings (SSSR count). The standard InChI is InChI=1S/C30H27ClN4O3S/c1-21(36)23-9-13-25(14-10-23)33-15-17-34(18-16-33)28(37)20-39-30-32-27(19-22-7-11-24(31)12-8-22)29(38)35(30)26-5-3-2-4-6-26/h2-14,19H,15-18,20H2,1H3/b27-19+. The van der Waals surface area contributed by atoms with Crippen LogP contribution in [0.1, 0.15) is 22.8 Å². The number of benzene rings is 3. The number of amidine groups is 1. The average molecular weight is 559 g/mol. The molecule has 3 aromatic carbocycles. The number of carbonyl (C=O) groups excluding carboxylic acids is 3. The van der Waals surface area contributed by atoms with Crippen molar-refractivity contribution < 1.29 is 14.4 Å². The summed E-state index contributed by atoms with van der Waals surface area (Å²) < 4.78 is 0. The van der Waals surface area contributed by atoms with Gasteiger partial charge in [0.1, 0.15) is 5.70 Å². The predicted molar refractivity (Wildman–Crippen MR) is 158 cm³/mol. The number of anilines is 2. The summed E-state index contributed by atoms with van der Waals surface area (Å²) in [6, 6.07) is 24.1. The number of para-hydroxylation sites is 1. The molecule has 0 N–H and O–H groups in total. The maximum absolute atomic E-state index is 13.3. The van der Waals surface area contributed by atoms with E-state index in [-0.39, 0.29) is 23.4 Å². The number of halogens is 1. The number of hydrogen-bond acceptors (Lipinski definition) is 6. The van der Waals surface area contributed by atoms with Crippen LogP contribution in [0.4, 0.5) is 11.4 Å². The average Bonchev–Trinajstić information content (AvgIpc) is 3.27. The Balaban J connectivity index is 1.25. The highest BCUT2D eigenvalue weighted by Gasteiger charge is 2.33. The Morgan fingerprint density at radius 1 is 0.897 bits per heavy atom. The number of amides is 2. The number of rotatable bonds is 6. The minimum atomic E-state index is -0.240. The molecule has 0 bridgehead atoms. The molecule has 2 heterocycles. The highest BCUT2D eigenvalue weighted by Crippen LogP contribution is 2.30. The van der Waals surface area contributed by atoms with Crippen LogP contribution in [0.3, 0.4) is 0 Å². The lowest BCUT2D eigenvalue weighted by molar-refractivity contribution is -0.128. The van der Waals surface area contributed by atoms with Gasteiger partial charge in [-0.1, -0.05) is 53.7 Å². The van der Waals surface area contributed by atoms with Crippen LogP contribution in [-0.4, -0.2) is 59.6 Å². The second kappa shape index (κ2) is 11.9. The lowest BCUT2D eigenvalue weighted by Gasteiger charge is -2.36. The van der Waals surface area contributed by atoms with Crippen molar-refractivity contribution in [1.82, 2.24) is 4.90 Å². The Kier molecular flexibility index (Phi) is 8.14. The van der Waals surface area contributed by atoms with Gasteiger partial charge in [-0.15, -0.1) is 0 Å². The Morgan fingerprint density at radius 3 is 2.21 bits per heavy atom. The number of thioether (sulfide) groups is 1. The summed E-state index contributed by atoms with van der Waals surface area (Å²) in [5.74, 6) is -0.0152. The molecule has 0 aliphatic carbocycles. The summed E-state index contributed by atoms with van der Waals surface area (Å²) in [5.41, 5.74) is 3.55. The zero-order valence-corrected chi connectivity index (χ0v) is 23.0. The van der Waals surface area contributed by atoms with E-state index in [0.29, 0.717) is 53.3 Å². The van der Waals surface area contributed by atoms with E-state index < -0.39 is 0 Å². The maximum atomic E-state index is 13.3. The summed E-state index contributed by atoms with van der Waals surface area (Å²) in [6.07, 6.45) is 1.73. The third-order valence-electron chi connectivity index (χ3n) is 6.61. The lowest BCUT2D eigenvalue weighted by atomic mass is 10.1. The van der Waals surface area contributed by atoms with Crippen molar-refractivity contribution in [3.05, 3.63) is 101 Å². The van der Waals surface area contributed by atoms with Crippen molar-refractivity contribution in [2.75, 3.05) is 41.7 Å². The monoisotopic (exact) mass is 558 g/mol. The predicted octanol–water partition coefficient (Wildman–Crippen LogP) is 5.37. The zero-order valence-electron chi connectivity index (χ0n) is 21.4. The van der Waals surface area contributed by atoms with E-state index in [0.717, 1.165) is 11.3 Å². The molecule has 2 aliphatic heterocycles. The minimum Gasteiger partial charge on any atom is -0.368 e. The van der Waals surface area contributed by atoms with Crippen LogP contribution >= 0.6 is 23.4 Å². The van der Waals surface area contributed by atoms with Gasteiger partial charge < -0.3 is 9.80 Å². The summed E-state index contributed by atoms with van der Waals surface area (Å²) in [7, 11) is 0. The second-order valence-corrected chi connectivity index (χ2v) is 10.6. The van der Waals surface area contributed by atoms with Gasteiger partial charge >= 0.3 is 0 Å². The largest absolute Gasteiger partial charge is 0.368 e. The molecule has 39 heavy (non-hydrogen) atoms. The summed E-state index contributed by atoms with van der Waals surface area (Å²) in [5, 5.41) is 1.09. The number of carbonyl (C=O) groups is 3. The molecule has 9 heteroatoms. The SMILES string of the molecule is CC(=O)c1ccc(N2CCN(C(=O)CSC3=N/C(=C/c4ccc(Cl)cc4)C(=O)N3c3ccccc3)CC2)cc1. The Morgan fingerprint density at radius 2 is 1.56 bits per heavy atom. The maximum Gasteiger partial charge on any atom is 0.283 e. The minimum absolute atomic E-state index is 0.00451. The van der Waals surface area contributed by atoms with Gasteiger partial charge in [0.05, 0.1) is 11.4 Å². The molecule has 0 aromatic heterocycles. The van der Waals surface area contributed by atoms with Gasteiger partial charge in [-0.05, 0) is 67.1 Å². The number of hydrogen-bond donors (Lipinski definition) is 0. The first kappa shape index (κ1) is 26.7. The molecule has 0 atom stereocenters. The smallest absolute Gasteiger partial charge is 0.283 e. The van der Waals surface area contributed by atoms with E-state index in [1.807, 2.05) is 71.6 Å². The molecule has 0 saturated carbocycles. The van der Waals surface area contributed by atoms with Crippen molar-refractivity contribution in [2.24, 2.45) is 4.99 Å². The molecule has 1 fully saturated rings. The topological polar surface area (TPSA) is 73.3 Å². The van der Waals surface area contributed by atoms with Crippen molar-refractivity contribution >= 4 is 63.6 Å². The molecule has 198 valence electrons. The normalized spacial score (nSPS) is 16.6. The van der Waals surface area contributed by atoms with E-state index in [1.165, 1.54) is 11.8 Å². The zero-order chi connectivity index (χ0) is 27.4. The quantitative estimate of drug-likeness (QED) is 0.300. The molecule has 0 unspecified atom stereocenters. The first-order valence-electron chi connectivity index (χ1n) is 12.6. The van der Waals surface area contributed by atoms with Crippen LogP contribution in [0.25, 0.3) is 6.08 Å².